The molecular formula is C15H18N2O3. The molecule has 3 rings (SSSR count). The van der Waals surface area contributed by atoms with Crippen molar-refractivity contribution in [2.45, 2.75) is 31.3 Å². The highest BCUT2D eigenvalue weighted by Crippen LogP contribution is 2.36. The average molecular weight is 274 g/mol. The number of amides is 1. The molecule has 5 nitrogen and oxygen atoms in total. The minimum Gasteiger partial charge on any atom is -0.467 e. The van der Waals surface area contributed by atoms with Crippen LogP contribution in [-0.4, -0.2) is 22.2 Å². The second-order valence-electron chi connectivity index (χ2n) is 5.09. The second-order valence-corrected chi connectivity index (χ2v) is 5.09. The van der Waals surface area contributed by atoms with Gasteiger partial charge in [0.15, 0.2) is 0 Å². The van der Waals surface area contributed by atoms with E-state index in [2.05, 4.69) is 5.32 Å². The number of hydrogen-bond acceptors (Lipinski definition) is 3. The van der Waals surface area contributed by atoms with Crippen molar-refractivity contribution in [1.82, 2.24) is 9.88 Å². The lowest BCUT2D eigenvalue weighted by atomic mass is 10.1. The van der Waals surface area contributed by atoms with E-state index in [1.54, 1.807) is 18.4 Å². The quantitative estimate of drug-likeness (QED) is 0.849. The first-order chi connectivity index (χ1) is 9.79. The van der Waals surface area contributed by atoms with Crippen LogP contribution in [0, 0.1) is 0 Å². The number of nitrogens with zero attached hydrogens (tertiary/aromatic N) is 1. The number of aliphatic hydroxyl groups is 1. The van der Waals surface area contributed by atoms with Crippen LogP contribution in [0.4, 0.5) is 0 Å². The Bertz CT molecular complexity index is 570. The number of aliphatic hydroxyl groups excluding tert-OH is 1. The van der Waals surface area contributed by atoms with Crippen molar-refractivity contribution in [2.24, 2.45) is 0 Å². The molecule has 1 saturated carbocycles. The maximum Gasteiger partial charge on any atom is 0.268 e. The highest BCUT2D eigenvalue weighted by molar-refractivity contribution is 5.93. The minimum atomic E-state index is -0.301. The Labute approximate surface area is 117 Å². The van der Waals surface area contributed by atoms with Gasteiger partial charge >= 0.3 is 0 Å². The summed E-state index contributed by atoms with van der Waals surface area (Å²) < 4.78 is 7.35. The molecule has 1 fully saturated rings. The first kappa shape index (κ1) is 13.0. The zero-order valence-electron chi connectivity index (χ0n) is 11.2. The zero-order valence-corrected chi connectivity index (χ0v) is 11.2. The van der Waals surface area contributed by atoms with Gasteiger partial charge in [0.25, 0.3) is 5.91 Å². The molecule has 106 valence electrons. The maximum absolute atomic E-state index is 12.4. The lowest BCUT2D eigenvalue weighted by Gasteiger charge is -2.16. The van der Waals surface area contributed by atoms with Crippen LogP contribution in [0.2, 0.25) is 0 Å². The zero-order chi connectivity index (χ0) is 13.9. The lowest BCUT2D eigenvalue weighted by molar-refractivity contribution is 0.0914. The number of furan rings is 1. The van der Waals surface area contributed by atoms with Gasteiger partial charge in [-0.05, 0) is 43.5 Å². The van der Waals surface area contributed by atoms with Crippen molar-refractivity contribution >= 4 is 5.91 Å². The summed E-state index contributed by atoms with van der Waals surface area (Å²) in [6.45, 7) is -0.00468. The predicted molar refractivity (Wildman–Crippen MR) is 73.3 cm³/mol. The summed E-state index contributed by atoms with van der Waals surface area (Å²) in [4.78, 5) is 12.4. The molecule has 0 aliphatic heterocycles. The van der Waals surface area contributed by atoms with Gasteiger partial charge in [-0.2, -0.15) is 0 Å². The molecule has 5 heteroatoms. The Balaban J connectivity index is 1.74. The van der Waals surface area contributed by atoms with E-state index in [0.29, 0.717) is 23.9 Å². The summed E-state index contributed by atoms with van der Waals surface area (Å²) >= 11 is 0. The molecule has 2 aromatic rings. The van der Waals surface area contributed by atoms with Gasteiger partial charge < -0.3 is 19.4 Å². The van der Waals surface area contributed by atoms with Gasteiger partial charge in [-0.25, -0.2) is 0 Å². The number of nitrogens with one attached hydrogen (secondary N) is 1. The van der Waals surface area contributed by atoms with Crippen LogP contribution >= 0.6 is 0 Å². The molecule has 2 heterocycles. The van der Waals surface area contributed by atoms with Crippen LogP contribution in [0.3, 0.4) is 0 Å². The Hall–Kier alpha value is -2.01. The van der Waals surface area contributed by atoms with Crippen LogP contribution in [-0.2, 0) is 0 Å². The fourth-order valence-corrected chi connectivity index (χ4v) is 2.39. The van der Waals surface area contributed by atoms with Crippen LogP contribution in [0.5, 0.6) is 0 Å². The molecule has 2 N–H and O–H groups in total. The molecule has 0 bridgehead atoms. The van der Waals surface area contributed by atoms with Gasteiger partial charge in [-0.1, -0.05) is 0 Å². The second kappa shape index (κ2) is 5.54. The molecule has 1 unspecified atom stereocenters. The van der Waals surface area contributed by atoms with Crippen LogP contribution in [0.1, 0.15) is 47.6 Å². The summed E-state index contributed by atoms with van der Waals surface area (Å²) in [6.07, 6.45) is 6.21. The average Bonchev–Trinajstić information content (AvgIpc) is 2.96. The number of rotatable bonds is 6. The Kier molecular flexibility index (Phi) is 3.60. The van der Waals surface area contributed by atoms with Crippen molar-refractivity contribution in [3.05, 3.63) is 48.2 Å². The van der Waals surface area contributed by atoms with Gasteiger partial charge in [0.1, 0.15) is 11.5 Å². The topological polar surface area (TPSA) is 67.4 Å². The van der Waals surface area contributed by atoms with E-state index in [9.17, 15) is 4.79 Å². The largest absolute Gasteiger partial charge is 0.467 e. The van der Waals surface area contributed by atoms with Gasteiger partial charge in [0.05, 0.1) is 12.3 Å². The lowest BCUT2D eigenvalue weighted by Crippen LogP contribution is -2.30. The van der Waals surface area contributed by atoms with Crippen molar-refractivity contribution in [1.29, 1.82) is 0 Å². The van der Waals surface area contributed by atoms with E-state index >= 15 is 0 Å². The fraction of sp³-hybridized carbons (Fsp3) is 0.400. The first-order valence-electron chi connectivity index (χ1n) is 6.91. The monoisotopic (exact) mass is 274 g/mol. The van der Waals surface area contributed by atoms with E-state index in [-0.39, 0.29) is 18.6 Å². The van der Waals surface area contributed by atoms with Gasteiger partial charge in [-0.15, -0.1) is 0 Å². The molecule has 2 aromatic heterocycles. The molecule has 20 heavy (non-hydrogen) atoms. The van der Waals surface area contributed by atoms with E-state index in [0.717, 1.165) is 12.8 Å². The molecule has 0 spiro atoms. The smallest absolute Gasteiger partial charge is 0.268 e. The molecule has 0 aromatic carbocycles. The van der Waals surface area contributed by atoms with E-state index in [1.807, 2.05) is 22.9 Å². The molecular weight excluding hydrogens is 256 g/mol. The standard InChI is InChI=1S/C15H18N2O3/c18-9-7-12(14-4-2-10-20-14)16-15(19)13-3-1-8-17(13)11-5-6-11/h1-4,8,10-12,18H,5-7,9H2,(H,16,19). The third-order valence-electron chi connectivity index (χ3n) is 3.56. The van der Waals surface area contributed by atoms with Crippen LogP contribution in [0.25, 0.3) is 0 Å². The highest BCUT2D eigenvalue weighted by Gasteiger charge is 2.27. The summed E-state index contributed by atoms with van der Waals surface area (Å²) in [5, 5.41) is 12.1. The Morgan fingerprint density at radius 2 is 2.30 bits per heavy atom. The van der Waals surface area contributed by atoms with Crippen molar-refractivity contribution in [2.75, 3.05) is 6.61 Å². The van der Waals surface area contributed by atoms with E-state index in [4.69, 9.17) is 9.52 Å². The van der Waals surface area contributed by atoms with Crippen molar-refractivity contribution in [3.8, 4) is 0 Å². The summed E-state index contributed by atoms with van der Waals surface area (Å²) in [6, 6.07) is 7.46. The highest BCUT2D eigenvalue weighted by atomic mass is 16.3. The molecule has 1 amide bonds. The summed E-state index contributed by atoms with van der Waals surface area (Å²) in [7, 11) is 0. The first-order valence-corrected chi connectivity index (χ1v) is 6.91. The summed E-state index contributed by atoms with van der Waals surface area (Å²) in [5.74, 6) is 0.536. The summed E-state index contributed by atoms with van der Waals surface area (Å²) in [5.41, 5.74) is 0.669. The minimum absolute atomic E-state index is 0.00468. The molecule has 0 radical (unpaired) electrons. The van der Waals surface area contributed by atoms with Gasteiger partial charge in [0, 0.05) is 18.8 Å². The number of aromatic nitrogens is 1. The number of carbonyl (C=O) groups is 1. The Morgan fingerprint density at radius 3 is 2.95 bits per heavy atom. The third-order valence-corrected chi connectivity index (χ3v) is 3.56. The Morgan fingerprint density at radius 1 is 1.45 bits per heavy atom. The van der Waals surface area contributed by atoms with Crippen molar-refractivity contribution in [3.63, 3.8) is 0 Å². The van der Waals surface area contributed by atoms with Crippen LogP contribution < -0.4 is 5.32 Å². The normalized spacial score (nSPS) is 16.1. The SMILES string of the molecule is O=C(NC(CCO)c1ccco1)c1cccn1C1CC1. The molecule has 1 aliphatic carbocycles. The molecule has 0 saturated heterocycles. The number of carbonyl (C=O) groups excluding carboxylic acids is 1. The van der Waals surface area contributed by atoms with E-state index in [1.165, 1.54) is 0 Å². The van der Waals surface area contributed by atoms with Gasteiger partial charge in [-0.3, -0.25) is 4.79 Å². The number of hydrogen-bond donors (Lipinski definition) is 2. The maximum atomic E-state index is 12.4. The van der Waals surface area contributed by atoms with Crippen LogP contribution in [0.15, 0.2) is 41.1 Å². The van der Waals surface area contributed by atoms with Gasteiger partial charge in [0.2, 0.25) is 0 Å². The predicted octanol–water partition coefficient (Wildman–Crippen LogP) is 2.27. The molecule has 1 atom stereocenters. The molecule has 1 aliphatic rings. The third kappa shape index (κ3) is 2.63. The van der Waals surface area contributed by atoms with E-state index < -0.39 is 0 Å². The van der Waals surface area contributed by atoms with Crippen molar-refractivity contribution < 1.29 is 14.3 Å². The fourth-order valence-electron chi connectivity index (χ4n) is 2.39.